The summed E-state index contributed by atoms with van der Waals surface area (Å²) in [5.74, 6) is -0.209. The second-order valence-corrected chi connectivity index (χ2v) is 3.87. The fourth-order valence-corrected chi connectivity index (χ4v) is 1.51. The highest BCUT2D eigenvalue weighted by Gasteiger charge is 2.08. The molecule has 0 aliphatic heterocycles. The molecule has 0 fully saturated rings. The lowest BCUT2D eigenvalue weighted by Gasteiger charge is -2.20. The Morgan fingerprint density at radius 1 is 1.00 bits per heavy atom. The van der Waals surface area contributed by atoms with Crippen molar-refractivity contribution in [3.05, 3.63) is 0 Å². The van der Waals surface area contributed by atoms with Crippen molar-refractivity contribution in [1.82, 2.24) is 10.6 Å². The maximum atomic E-state index is 7.13. The summed E-state index contributed by atoms with van der Waals surface area (Å²) in [5.41, 5.74) is 10.5. The first-order chi connectivity index (χ1) is 7.56. The van der Waals surface area contributed by atoms with Crippen LogP contribution in [0.1, 0.15) is 45.4 Å². The summed E-state index contributed by atoms with van der Waals surface area (Å²) in [7, 11) is 0. The van der Waals surface area contributed by atoms with Crippen LogP contribution >= 0.6 is 0 Å². The molecule has 0 aromatic carbocycles. The SMILES string of the molecule is CCCCCCCC(NC(=N)N)NC(=N)N. The maximum absolute atomic E-state index is 7.13. The van der Waals surface area contributed by atoms with Gasteiger partial charge in [-0.1, -0.05) is 32.6 Å². The van der Waals surface area contributed by atoms with Gasteiger partial charge in [-0.15, -0.1) is 0 Å². The molecule has 6 heteroatoms. The number of hydrogen-bond acceptors (Lipinski definition) is 2. The second-order valence-electron chi connectivity index (χ2n) is 3.87. The molecule has 16 heavy (non-hydrogen) atoms. The lowest BCUT2D eigenvalue weighted by Crippen LogP contribution is -2.51. The van der Waals surface area contributed by atoms with Crippen molar-refractivity contribution in [2.24, 2.45) is 11.5 Å². The average molecular weight is 228 g/mol. The minimum atomic E-state index is -0.211. The molecule has 94 valence electrons. The first-order valence-electron chi connectivity index (χ1n) is 5.77. The van der Waals surface area contributed by atoms with Crippen molar-refractivity contribution in [3.8, 4) is 0 Å². The minimum absolute atomic E-state index is 0.104. The van der Waals surface area contributed by atoms with E-state index in [4.69, 9.17) is 22.3 Å². The Hall–Kier alpha value is -1.46. The van der Waals surface area contributed by atoms with Crippen LogP contribution in [0.3, 0.4) is 0 Å². The summed E-state index contributed by atoms with van der Waals surface area (Å²) in [5, 5.41) is 19.7. The number of rotatable bonds is 8. The van der Waals surface area contributed by atoms with Crippen molar-refractivity contribution in [1.29, 1.82) is 10.8 Å². The topological polar surface area (TPSA) is 124 Å². The number of guanidine groups is 2. The third-order valence-corrected chi connectivity index (χ3v) is 2.26. The lowest BCUT2D eigenvalue weighted by atomic mass is 10.1. The lowest BCUT2D eigenvalue weighted by molar-refractivity contribution is 0.483. The molecule has 0 aromatic heterocycles. The molecule has 8 N–H and O–H groups in total. The van der Waals surface area contributed by atoms with E-state index in [2.05, 4.69) is 17.6 Å². The van der Waals surface area contributed by atoms with Crippen LogP contribution in [0.4, 0.5) is 0 Å². The first-order valence-corrected chi connectivity index (χ1v) is 5.77. The predicted molar refractivity (Wildman–Crippen MR) is 67.3 cm³/mol. The van der Waals surface area contributed by atoms with E-state index in [1.165, 1.54) is 19.3 Å². The van der Waals surface area contributed by atoms with Gasteiger partial charge in [0, 0.05) is 0 Å². The van der Waals surface area contributed by atoms with Gasteiger partial charge in [0.25, 0.3) is 0 Å². The van der Waals surface area contributed by atoms with Crippen LogP contribution in [0.5, 0.6) is 0 Å². The number of nitrogens with two attached hydrogens (primary N) is 2. The normalized spacial score (nSPS) is 11.8. The summed E-state index contributed by atoms with van der Waals surface area (Å²) >= 11 is 0. The van der Waals surface area contributed by atoms with Crippen molar-refractivity contribution in [3.63, 3.8) is 0 Å². The highest BCUT2D eigenvalue weighted by atomic mass is 15.2. The van der Waals surface area contributed by atoms with Gasteiger partial charge in [0.1, 0.15) is 6.17 Å². The summed E-state index contributed by atoms with van der Waals surface area (Å²) in [6.07, 6.45) is 6.49. The van der Waals surface area contributed by atoms with Gasteiger partial charge >= 0.3 is 0 Å². The predicted octanol–water partition coefficient (Wildman–Crippen LogP) is 0.639. The standard InChI is InChI=1S/C10H24N6/c1-2-3-4-5-6-7-8(15-9(11)12)16-10(13)14/h8H,2-7H2,1H3,(H4,11,12,15)(H4,13,14,16). The molecule has 0 heterocycles. The van der Waals surface area contributed by atoms with Crippen LogP contribution in [-0.4, -0.2) is 18.1 Å². The summed E-state index contributed by atoms with van der Waals surface area (Å²) in [4.78, 5) is 0. The zero-order valence-electron chi connectivity index (χ0n) is 9.97. The van der Waals surface area contributed by atoms with Crippen molar-refractivity contribution >= 4 is 11.9 Å². The van der Waals surface area contributed by atoms with E-state index in [9.17, 15) is 0 Å². The van der Waals surface area contributed by atoms with Gasteiger partial charge in [-0.05, 0) is 12.8 Å². The van der Waals surface area contributed by atoms with E-state index < -0.39 is 0 Å². The smallest absolute Gasteiger partial charge is 0.187 e. The molecule has 6 nitrogen and oxygen atoms in total. The van der Waals surface area contributed by atoms with Gasteiger partial charge in [0.15, 0.2) is 11.9 Å². The molecule has 0 aliphatic rings. The highest BCUT2D eigenvalue weighted by Crippen LogP contribution is 2.06. The van der Waals surface area contributed by atoms with Gasteiger partial charge in [-0.2, -0.15) is 0 Å². The molecule has 0 aromatic rings. The van der Waals surface area contributed by atoms with Crippen LogP contribution < -0.4 is 22.1 Å². The summed E-state index contributed by atoms with van der Waals surface area (Å²) in [6.45, 7) is 2.18. The Morgan fingerprint density at radius 2 is 1.50 bits per heavy atom. The molecular formula is C10H24N6. The van der Waals surface area contributed by atoms with E-state index in [1.807, 2.05) is 0 Å². The molecule has 0 rings (SSSR count). The quantitative estimate of drug-likeness (QED) is 0.158. The Balaban J connectivity index is 3.73. The molecule has 0 saturated carbocycles. The molecule has 0 unspecified atom stereocenters. The average Bonchev–Trinajstić information content (AvgIpc) is 2.15. The molecular weight excluding hydrogens is 204 g/mol. The van der Waals surface area contributed by atoms with E-state index in [1.54, 1.807) is 0 Å². The van der Waals surface area contributed by atoms with Crippen LogP contribution in [-0.2, 0) is 0 Å². The van der Waals surface area contributed by atoms with Crippen molar-refractivity contribution in [2.75, 3.05) is 0 Å². The monoisotopic (exact) mass is 228 g/mol. The van der Waals surface area contributed by atoms with E-state index >= 15 is 0 Å². The zero-order chi connectivity index (χ0) is 12.4. The van der Waals surface area contributed by atoms with Gasteiger partial charge in [-0.3, -0.25) is 10.8 Å². The van der Waals surface area contributed by atoms with Gasteiger partial charge < -0.3 is 22.1 Å². The summed E-state index contributed by atoms with van der Waals surface area (Å²) in [6, 6.07) is 0. The Kier molecular flexibility index (Phi) is 8.01. The zero-order valence-corrected chi connectivity index (χ0v) is 9.97. The molecule has 0 amide bonds. The van der Waals surface area contributed by atoms with Crippen LogP contribution in [0.25, 0.3) is 0 Å². The fraction of sp³-hybridized carbons (Fsp3) is 0.800. The number of hydrogen-bond donors (Lipinski definition) is 6. The first kappa shape index (κ1) is 14.5. The van der Waals surface area contributed by atoms with E-state index in [0.29, 0.717) is 0 Å². The third-order valence-electron chi connectivity index (χ3n) is 2.26. The maximum Gasteiger partial charge on any atom is 0.187 e. The van der Waals surface area contributed by atoms with E-state index in [-0.39, 0.29) is 18.1 Å². The van der Waals surface area contributed by atoms with Gasteiger partial charge in [0.05, 0.1) is 0 Å². The van der Waals surface area contributed by atoms with Gasteiger partial charge in [0.2, 0.25) is 0 Å². The summed E-state index contributed by atoms with van der Waals surface area (Å²) < 4.78 is 0. The number of nitrogens with one attached hydrogen (secondary N) is 4. The fourth-order valence-electron chi connectivity index (χ4n) is 1.51. The van der Waals surface area contributed by atoms with Crippen molar-refractivity contribution < 1.29 is 0 Å². The molecule has 0 spiro atoms. The Bertz CT molecular complexity index is 199. The third kappa shape index (κ3) is 9.11. The minimum Gasteiger partial charge on any atom is -0.370 e. The Labute approximate surface area is 97.2 Å². The second kappa shape index (κ2) is 8.82. The van der Waals surface area contributed by atoms with Crippen molar-refractivity contribution in [2.45, 2.75) is 51.6 Å². The molecule has 0 radical (unpaired) electrons. The molecule has 0 saturated heterocycles. The molecule has 0 atom stereocenters. The largest absolute Gasteiger partial charge is 0.370 e. The Morgan fingerprint density at radius 3 is 1.94 bits per heavy atom. The van der Waals surface area contributed by atoms with E-state index in [0.717, 1.165) is 19.3 Å². The molecule has 0 aliphatic carbocycles. The van der Waals surface area contributed by atoms with Gasteiger partial charge in [-0.25, -0.2) is 0 Å². The number of unbranched alkanes of at least 4 members (excludes halogenated alkanes) is 4. The van der Waals surface area contributed by atoms with Crippen LogP contribution in [0.15, 0.2) is 0 Å². The highest BCUT2D eigenvalue weighted by molar-refractivity contribution is 5.77. The van der Waals surface area contributed by atoms with Crippen LogP contribution in [0, 0.1) is 10.8 Å². The van der Waals surface area contributed by atoms with Crippen LogP contribution in [0.2, 0.25) is 0 Å². The molecule has 0 bridgehead atoms.